The van der Waals surface area contributed by atoms with E-state index in [1.807, 2.05) is 7.05 Å². The molecule has 3 atom stereocenters. The number of carbonyl (C=O) groups is 4. The van der Waals surface area contributed by atoms with Gasteiger partial charge in [-0.25, -0.2) is 9.97 Å². The number of nitrogens with zero attached hydrogens (tertiary/aromatic N) is 3. The number of hydrogen-bond donors (Lipinski definition) is 4. The van der Waals surface area contributed by atoms with E-state index in [1.165, 1.54) is 29.7 Å². The fourth-order valence-electron chi connectivity index (χ4n) is 4.46. The van der Waals surface area contributed by atoms with Crippen LogP contribution >= 0.6 is 22.9 Å². The van der Waals surface area contributed by atoms with Gasteiger partial charge in [0.05, 0.1) is 16.6 Å². The molecule has 0 aromatic carbocycles. The Morgan fingerprint density at radius 2 is 2.03 bits per heavy atom. The predicted octanol–water partition coefficient (Wildman–Crippen LogP) is 1.53. The second kappa shape index (κ2) is 11.3. The zero-order chi connectivity index (χ0) is 25.8. The highest BCUT2D eigenvalue weighted by atomic mass is 35.5. The maximum Gasteiger partial charge on any atom is 0.314 e. The van der Waals surface area contributed by atoms with Crippen LogP contribution in [0.5, 0.6) is 0 Å². The molecule has 2 aromatic rings. The number of thiazole rings is 1. The molecule has 1 aliphatic carbocycles. The molecule has 13 heteroatoms. The summed E-state index contributed by atoms with van der Waals surface area (Å²) in [5.74, 6) is -3.66. The average Bonchev–Trinajstić information content (AvgIpc) is 3.27. The fraction of sp³-hybridized carbons (Fsp3) is 0.478. The van der Waals surface area contributed by atoms with E-state index >= 15 is 0 Å². The molecule has 4 N–H and O–H groups in total. The molecule has 3 amide bonds. The number of carbonyl (C=O) groups excluding carboxylic acids is 3. The van der Waals surface area contributed by atoms with Gasteiger partial charge in [-0.05, 0) is 44.4 Å². The monoisotopic (exact) mass is 534 g/mol. The number of fused-ring (bicyclic) bond motifs is 1. The lowest BCUT2D eigenvalue weighted by Crippen LogP contribution is -2.50. The van der Waals surface area contributed by atoms with E-state index in [1.54, 1.807) is 0 Å². The largest absolute Gasteiger partial charge is 0.481 e. The van der Waals surface area contributed by atoms with Crippen LogP contribution in [0.3, 0.4) is 0 Å². The Balaban J connectivity index is 1.37. The SMILES string of the molecule is CN1CCc2nc(C(=O)N[C@@H]3C[C@@H](C(=O)O)CC[C@@H]3CNC(=O)C(=O)Nc3ccc(Cl)cn3)sc2C1. The number of carboxylic acids is 1. The molecule has 36 heavy (non-hydrogen) atoms. The van der Waals surface area contributed by atoms with Crippen LogP contribution in [0.15, 0.2) is 18.3 Å². The third-order valence-corrected chi connectivity index (χ3v) is 7.78. The maximum absolute atomic E-state index is 13.0. The zero-order valence-corrected chi connectivity index (χ0v) is 21.2. The van der Waals surface area contributed by atoms with Crippen molar-refractivity contribution in [2.75, 3.05) is 25.5 Å². The lowest BCUT2D eigenvalue weighted by molar-refractivity contribution is -0.143. The van der Waals surface area contributed by atoms with Gasteiger partial charge >= 0.3 is 17.8 Å². The van der Waals surface area contributed by atoms with Gasteiger partial charge in [0.2, 0.25) is 0 Å². The number of likely N-dealkylation sites (N-methyl/N-ethyl adjacent to an activating group) is 1. The summed E-state index contributed by atoms with van der Waals surface area (Å²) >= 11 is 7.12. The van der Waals surface area contributed by atoms with Crippen LogP contribution in [-0.2, 0) is 27.3 Å². The molecule has 0 radical (unpaired) electrons. The van der Waals surface area contributed by atoms with Crippen LogP contribution in [0, 0.1) is 11.8 Å². The highest BCUT2D eigenvalue weighted by Crippen LogP contribution is 2.30. The van der Waals surface area contributed by atoms with Crippen molar-refractivity contribution in [2.24, 2.45) is 11.8 Å². The number of amides is 3. The molecule has 1 saturated carbocycles. The van der Waals surface area contributed by atoms with Gasteiger partial charge in [-0.3, -0.25) is 19.2 Å². The van der Waals surface area contributed by atoms with E-state index in [9.17, 15) is 24.3 Å². The van der Waals surface area contributed by atoms with Crippen molar-refractivity contribution < 1.29 is 24.3 Å². The van der Waals surface area contributed by atoms with Gasteiger partial charge in [0, 0.05) is 43.2 Å². The average molecular weight is 535 g/mol. The van der Waals surface area contributed by atoms with Crippen LogP contribution in [0.1, 0.15) is 39.6 Å². The van der Waals surface area contributed by atoms with E-state index < -0.39 is 29.7 Å². The summed E-state index contributed by atoms with van der Waals surface area (Å²) in [5.41, 5.74) is 0.931. The maximum atomic E-state index is 13.0. The number of anilines is 1. The molecule has 0 saturated heterocycles. The molecular weight excluding hydrogens is 508 g/mol. The van der Waals surface area contributed by atoms with Gasteiger partial charge in [-0.1, -0.05) is 11.6 Å². The Labute approximate surface area is 216 Å². The molecule has 0 unspecified atom stereocenters. The molecule has 2 aliphatic rings. The van der Waals surface area contributed by atoms with E-state index in [0.717, 1.165) is 30.1 Å². The molecule has 3 heterocycles. The van der Waals surface area contributed by atoms with Crippen molar-refractivity contribution >= 4 is 52.4 Å². The summed E-state index contributed by atoms with van der Waals surface area (Å²) in [5, 5.41) is 18.2. The zero-order valence-electron chi connectivity index (χ0n) is 19.6. The fourth-order valence-corrected chi connectivity index (χ4v) is 5.66. The van der Waals surface area contributed by atoms with Crippen LogP contribution < -0.4 is 16.0 Å². The topological polar surface area (TPSA) is 154 Å². The first kappa shape index (κ1) is 26.0. The molecule has 0 bridgehead atoms. The second-order valence-corrected chi connectivity index (χ2v) is 10.6. The summed E-state index contributed by atoms with van der Waals surface area (Å²) in [6.07, 6.45) is 3.25. The van der Waals surface area contributed by atoms with Crippen molar-refractivity contribution in [3.8, 4) is 0 Å². The van der Waals surface area contributed by atoms with Gasteiger partial charge < -0.3 is 26.0 Å². The Bertz CT molecular complexity index is 1160. The number of carboxylic acid groups (broad SMARTS) is 1. The van der Waals surface area contributed by atoms with Gasteiger partial charge in [-0.2, -0.15) is 0 Å². The quantitative estimate of drug-likeness (QED) is 0.407. The summed E-state index contributed by atoms with van der Waals surface area (Å²) < 4.78 is 0. The molecular formula is C23H27ClN6O5S. The van der Waals surface area contributed by atoms with Crippen LogP contribution in [0.25, 0.3) is 0 Å². The smallest absolute Gasteiger partial charge is 0.314 e. The number of halogens is 1. The summed E-state index contributed by atoms with van der Waals surface area (Å²) in [6, 6.07) is 2.52. The Morgan fingerprint density at radius 1 is 1.22 bits per heavy atom. The molecule has 1 fully saturated rings. The predicted molar refractivity (Wildman–Crippen MR) is 133 cm³/mol. The lowest BCUT2D eigenvalue weighted by Gasteiger charge is -2.35. The second-order valence-electron chi connectivity index (χ2n) is 9.09. The van der Waals surface area contributed by atoms with Crippen molar-refractivity contribution in [2.45, 2.75) is 38.3 Å². The van der Waals surface area contributed by atoms with Gasteiger partial charge in [0.1, 0.15) is 5.82 Å². The minimum Gasteiger partial charge on any atom is -0.481 e. The number of aliphatic carboxylic acids is 1. The third-order valence-electron chi connectivity index (χ3n) is 6.48. The van der Waals surface area contributed by atoms with Crippen molar-refractivity contribution in [1.82, 2.24) is 25.5 Å². The van der Waals surface area contributed by atoms with Gasteiger partial charge in [0.25, 0.3) is 5.91 Å². The Kier molecular flexibility index (Phi) is 8.17. The molecule has 4 rings (SSSR count). The van der Waals surface area contributed by atoms with Crippen LogP contribution in [0.4, 0.5) is 5.82 Å². The van der Waals surface area contributed by atoms with Gasteiger partial charge in [0.15, 0.2) is 5.01 Å². The first-order chi connectivity index (χ1) is 17.2. The van der Waals surface area contributed by atoms with Crippen molar-refractivity contribution in [1.29, 1.82) is 0 Å². The highest BCUT2D eigenvalue weighted by Gasteiger charge is 2.36. The van der Waals surface area contributed by atoms with Gasteiger partial charge in [-0.15, -0.1) is 11.3 Å². The van der Waals surface area contributed by atoms with E-state index in [0.29, 0.717) is 22.9 Å². The van der Waals surface area contributed by atoms with Crippen LogP contribution in [-0.4, -0.2) is 69.8 Å². The number of rotatable bonds is 6. The van der Waals surface area contributed by atoms with E-state index in [2.05, 4.69) is 30.8 Å². The summed E-state index contributed by atoms with van der Waals surface area (Å²) in [4.78, 5) is 60.8. The first-order valence-electron chi connectivity index (χ1n) is 11.6. The van der Waals surface area contributed by atoms with Crippen LogP contribution in [0.2, 0.25) is 5.02 Å². The molecule has 11 nitrogen and oxygen atoms in total. The lowest BCUT2D eigenvalue weighted by atomic mass is 9.78. The Hall–Kier alpha value is -3.09. The van der Waals surface area contributed by atoms with Crippen molar-refractivity contribution in [3.63, 3.8) is 0 Å². The molecule has 2 aromatic heterocycles. The standard InChI is InChI=1S/C23H27ClN6O5S/c1-30-7-6-15-17(11-30)36-22(28-15)21(33)27-16-8-12(23(34)35)2-3-13(16)9-26-19(31)20(32)29-18-5-4-14(24)10-25-18/h4-5,10,12-13,16H,2-3,6-9,11H2,1H3,(H,26,31)(H,27,33)(H,34,35)(H,25,29,32)/t12-,13+,16+/m0/s1. The van der Waals surface area contributed by atoms with E-state index in [-0.39, 0.29) is 30.6 Å². The highest BCUT2D eigenvalue weighted by molar-refractivity contribution is 7.13. The normalized spacial score (nSPS) is 21.8. The summed E-state index contributed by atoms with van der Waals surface area (Å²) in [6.45, 7) is 1.73. The first-order valence-corrected chi connectivity index (χ1v) is 12.8. The minimum atomic E-state index is -0.917. The molecule has 192 valence electrons. The van der Waals surface area contributed by atoms with E-state index in [4.69, 9.17) is 11.6 Å². The number of nitrogens with one attached hydrogen (secondary N) is 3. The molecule has 1 aliphatic heterocycles. The third kappa shape index (κ3) is 6.37. The summed E-state index contributed by atoms with van der Waals surface area (Å²) in [7, 11) is 2.02. The minimum absolute atomic E-state index is 0.108. The number of hydrogen-bond acceptors (Lipinski definition) is 8. The Morgan fingerprint density at radius 3 is 2.75 bits per heavy atom. The number of pyridine rings is 1. The number of aromatic nitrogens is 2. The molecule has 0 spiro atoms. The van der Waals surface area contributed by atoms with Crippen molar-refractivity contribution in [3.05, 3.63) is 38.9 Å².